The van der Waals surface area contributed by atoms with E-state index in [0.717, 1.165) is 37.0 Å². The molecule has 24 heavy (non-hydrogen) atoms. The van der Waals surface area contributed by atoms with Crippen LogP contribution < -0.4 is 10.1 Å². The molecule has 1 aliphatic carbocycles. The maximum absolute atomic E-state index is 12.2. The van der Waals surface area contributed by atoms with Crippen LogP contribution in [0.3, 0.4) is 0 Å². The second-order valence-electron chi connectivity index (χ2n) is 6.35. The largest absolute Gasteiger partial charge is 0.496 e. The third-order valence-corrected chi connectivity index (χ3v) is 4.64. The highest BCUT2D eigenvalue weighted by molar-refractivity contribution is 5.84. The summed E-state index contributed by atoms with van der Waals surface area (Å²) in [5, 5.41) is 2.92. The van der Waals surface area contributed by atoms with Crippen molar-refractivity contribution in [2.24, 2.45) is 0 Å². The highest BCUT2D eigenvalue weighted by Gasteiger charge is 2.24. The lowest BCUT2D eigenvalue weighted by molar-refractivity contribution is -0.137. The molecule has 1 saturated carbocycles. The fourth-order valence-electron chi connectivity index (χ4n) is 3.35. The summed E-state index contributed by atoms with van der Waals surface area (Å²) in [6.07, 6.45) is 6.24. The molecule has 0 bridgehead atoms. The van der Waals surface area contributed by atoms with Crippen molar-refractivity contribution in [3.63, 3.8) is 0 Å². The minimum absolute atomic E-state index is 0.0122. The molecule has 1 N–H and O–H groups in total. The molecule has 132 valence electrons. The maximum Gasteiger partial charge on any atom is 0.239 e. The van der Waals surface area contributed by atoms with Crippen molar-refractivity contribution in [3.05, 3.63) is 29.8 Å². The van der Waals surface area contributed by atoms with Gasteiger partial charge in [-0.05, 0) is 30.9 Å². The topological polar surface area (TPSA) is 58.6 Å². The van der Waals surface area contributed by atoms with Crippen molar-refractivity contribution >= 4 is 11.8 Å². The summed E-state index contributed by atoms with van der Waals surface area (Å²) >= 11 is 0. The van der Waals surface area contributed by atoms with Gasteiger partial charge in [-0.1, -0.05) is 37.5 Å². The molecular formula is C19H28N2O3. The van der Waals surface area contributed by atoms with Gasteiger partial charge in [0.05, 0.1) is 13.7 Å². The van der Waals surface area contributed by atoms with Gasteiger partial charge < -0.3 is 15.0 Å². The Hall–Kier alpha value is -2.04. The van der Waals surface area contributed by atoms with Crippen molar-refractivity contribution in [3.8, 4) is 5.75 Å². The molecule has 0 aliphatic heterocycles. The Morgan fingerprint density at radius 2 is 1.92 bits per heavy atom. The summed E-state index contributed by atoms with van der Waals surface area (Å²) in [5.41, 5.74) is 1.07. The molecule has 0 saturated heterocycles. The van der Waals surface area contributed by atoms with E-state index >= 15 is 0 Å². The van der Waals surface area contributed by atoms with Crippen LogP contribution in [-0.2, 0) is 16.0 Å². The molecule has 2 rings (SSSR count). The fourth-order valence-corrected chi connectivity index (χ4v) is 3.35. The van der Waals surface area contributed by atoms with E-state index in [2.05, 4.69) is 5.32 Å². The Labute approximate surface area is 144 Å². The van der Waals surface area contributed by atoms with Crippen LogP contribution in [0.25, 0.3) is 0 Å². The van der Waals surface area contributed by atoms with Crippen LogP contribution in [0.5, 0.6) is 5.75 Å². The number of carbonyl (C=O) groups is 2. The first-order valence-electron chi connectivity index (χ1n) is 8.77. The monoisotopic (exact) mass is 332 g/mol. The molecule has 0 radical (unpaired) electrons. The van der Waals surface area contributed by atoms with Crippen molar-refractivity contribution in [1.29, 1.82) is 0 Å². The molecule has 0 aromatic heterocycles. The zero-order valence-corrected chi connectivity index (χ0v) is 14.7. The van der Waals surface area contributed by atoms with E-state index in [1.165, 1.54) is 6.42 Å². The number of nitrogens with zero attached hydrogens (tertiary/aromatic N) is 1. The number of hydrogen-bond acceptors (Lipinski definition) is 3. The molecule has 0 heterocycles. The minimum Gasteiger partial charge on any atom is -0.496 e. The maximum atomic E-state index is 12.2. The Kier molecular flexibility index (Phi) is 7.09. The average Bonchev–Trinajstić information content (AvgIpc) is 2.60. The number of para-hydroxylation sites is 1. The average molecular weight is 332 g/mol. The summed E-state index contributed by atoms with van der Waals surface area (Å²) < 4.78 is 5.31. The van der Waals surface area contributed by atoms with Gasteiger partial charge in [0.15, 0.2) is 0 Å². The van der Waals surface area contributed by atoms with E-state index in [1.54, 1.807) is 18.9 Å². The molecule has 1 fully saturated rings. The summed E-state index contributed by atoms with van der Waals surface area (Å²) in [7, 11) is 1.65. The highest BCUT2D eigenvalue weighted by atomic mass is 16.5. The second kappa shape index (κ2) is 9.30. The normalized spacial score (nSPS) is 14.9. The third kappa shape index (κ3) is 5.25. The Balaban J connectivity index is 1.81. The molecule has 5 nitrogen and oxygen atoms in total. The zero-order chi connectivity index (χ0) is 17.4. The first-order valence-corrected chi connectivity index (χ1v) is 8.77. The van der Waals surface area contributed by atoms with Gasteiger partial charge in [0, 0.05) is 19.5 Å². The van der Waals surface area contributed by atoms with Gasteiger partial charge in [-0.25, -0.2) is 0 Å². The van der Waals surface area contributed by atoms with Gasteiger partial charge in [0.25, 0.3) is 0 Å². The highest BCUT2D eigenvalue weighted by Crippen LogP contribution is 2.22. The molecule has 1 aromatic rings. The molecule has 2 amide bonds. The van der Waals surface area contributed by atoms with Gasteiger partial charge in [0.1, 0.15) is 5.75 Å². The van der Waals surface area contributed by atoms with Gasteiger partial charge in [0.2, 0.25) is 11.8 Å². The smallest absolute Gasteiger partial charge is 0.239 e. The van der Waals surface area contributed by atoms with Crippen LogP contribution in [0.15, 0.2) is 24.3 Å². The third-order valence-electron chi connectivity index (χ3n) is 4.64. The minimum atomic E-state index is -0.0920. The molecule has 0 spiro atoms. The molecule has 0 atom stereocenters. The lowest BCUT2D eigenvalue weighted by Crippen LogP contribution is -2.46. The number of benzene rings is 1. The summed E-state index contributed by atoms with van der Waals surface area (Å²) in [6, 6.07) is 8.01. The Morgan fingerprint density at radius 3 is 2.58 bits per heavy atom. The number of ether oxygens (including phenoxy) is 1. The predicted molar refractivity (Wildman–Crippen MR) is 94.0 cm³/mol. The van der Waals surface area contributed by atoms with Crippen LogP contribution >= 0.6 is 0 Å². The van der Waals surface area contributed by atoms with Gasteiger partial charge in [-0.3, -0.25) is 9.59 Å². The SMILES string of the molecule is COc1ccccc1CCNC(=O)CN(C(C)=O)C1CCCCC1. The van der Waals surface area contributed by atoms with Crippen molar-refractivity contribution in [1.82, 2.24) is 10.2 Å². The van der Waals surface area contributed by atoms with Crippen LogP contribution in [0.1, 0.15) is 44.6 Å². The predicted octanol–water partition coefficient (Wildman–Crippen LogP) is 2.54. The zero-order valence-electron chi connectivity index (χ0n) is 14.7. The standard InChI is InChI=1S/C19H28N2O3/c1-15(22)21(17-9-4-3-5-10-17)14-19(23)20-13-12-16-8-6-7-11-18(16)24-2/h6-8,11,17H,3-5,9-10,12-14H2,1-2H3,(H,20,23). The van der Waals surface area contributed by atoms with Crippen LogP contribution in [0.2, 0.25) is 0 Å². The quantitative estimate of drug-likeness (QED) is 0.835. The van der Waals surface area contributed by atoms with E-state index in [9.17, 15) is 9.59 Å². The first-order chi connectivity index (χ1) is 11.6. The number of carbonyl (C=O) groups excluding carboxylic acids is 2. The number of methoxy groups -OCH3 is 1. The Bertz CT molecular complexity index is 553. The first kappa shape index (κ1) is 18.3. The molecule has 0 unspecified atom stereocenters. The van der Waals surface area contributed by atoms with Crippen LogP contribution in [0.4, 0.5) is 0 Å². The molecule has 1 aromatic carbocycles. The second-order valence-corrected chi connectivity index (χ2v) is 6.35. The van der Waals surface area contributed by atoms with Crippen molar-refractivity contribution in [2.75, 3.05) is 20.2 Å². The van der Waals surface area contributed by atoms with E-state index in [-0.39, 0.29) is 24.4 Å². The van der Waals surface area contributed by atoms with E-state index in [0.29, 0.717) is 13.0 Å². The van der Waals surface area contributed by atoms with Gasteiger partial charge in [-0.2, -0.15) is 0 Å². The van der Waals surface area contributed by atoms with Crippen molar-refractivity contribution in [2.45, 2.75) is 51.5 Å². The Morgan fingerprint density at radius 1 is 1.21 bits per heavy atom. The fraction of sp³-hybridized carbons (Fsp3) is 0.579. The number of nitrogens with one attached hydrogen (secondary N) is 1. The van der Waals surface area contributed by atoms with Crippen molar-refractivity contribution < 1.29 is 14.3 Å². The number of hydrogen-bond donors (Lipinski definition) is 1. The lowest BCUT2D eigenvalue weighted by atomic mass is 9.94. The molecule has 1 aliphatic rings. The van der Waals surface area contributed by atoms with Gasteiger partial charge >= 0.3 is 0 Å². The summed E-state index contributed by atoms with van der Waals surface area (Å²) in [6.45, 7) is 2.25. The summed E-state index contributed by atoms with van der Waals surface area (Å²) in [5.74, 6) is 0.728. The molecule has 5 heteroatoms. The number of rotatable bonds is 7. The van der Waals surface area contributed by atoms with Crippen LogP contribution in [-0.4, -0.2) is 43.0 Å². The van der Waals surface area contributed by atoms with Crippen LogP contribution in [0, 0.1) is 0 Å². The van der Waals surface area contributed by atoms with E-state index < -0.39 is 0 Å². The number of amides is 2. The lowest BCUT2D eigenvalue weighted by Gasteiger charge is -2.33. The van der Waals surface area contributed by atoms with E-state index in [1.807, 2.05) is 24.3 Å². The van der Waals surface area contributed by atoms with E-state index in [4.69, 9.17) is 4.74 Å². The van der Waals surface area contributed by atoms with Gasteiger partial charge in [-0.15, -0.1) is 0 Å². The molecular weight excluding hydrogens is 304 g/mol. The summed E-state index contributed by atoms with van der Waals surface area (Å²) in [4.78, 5) is 25.8.